The fourth-order valence-electron chi connectivity index (χ4n) is 9.31. The third kappa shape index (κ3) is 51.4. The van der Waals surface area contributed by atoms with Crippen LogP contribution in [-0.2, 0) is 111 Å². The van der Waals surface area contributed by atoms with E-state index in [0.717, 1.165) is 0 Å². The van der Waals surface area contributed by atoms with E-state index in [4.69, 9.17) is 60.5 Å². The van der Waals surface area contributed by atoms with Gasteiger partial charge < -0.3 is 129 Å². The molecular weight excluding hydrogens is 1530 g/mol. The normalized spacial score (nSPS) is 18.9. The summed E-state index contributed by atoms with van der Waals surface area (Å²) < 4.78 is 41.9. The van der Waals surface area contributed by atoms with Gasteiger partial charge in [-0.05, 0) is 44.2 Å². The first-order valence-electron chi connectivity index (χ1n) is 36.5. The molecule has 1 aromatic rings. The second-order valence-corrected chi connectivity index (χ2v) is 31.6. The first-order chi connectivity index (χ1) is 53.2. The summed E-state index contributed by atoms with van der Waals surface area (Å²) >= 11 is 3.18. The standard InChI is InChI=1S/C69H117N17O23S3/c1-68(2,3)111-42-50-63(99)82-46(16-12-18-78-67(72)73)59(95)79-37-53(88)81-49(36-58(93)94)61(97)85-51(43-112-69(4,5)6)64(100)83-48(35-45-13-8-7-9-14-45)62(98)86-66(110-44-57(92)80-47(60(96)84-50)15-10-11-17-70)65(101)77-22-26-105-30-34-107-33-29-104-25-21-76-56(91)41-109-40-55(90)75-20-24-103-28-32-106-31-27-102-23-19-74-54(89)39-108-38-52(71)87/h7-9,13-14,46-51,66H,10-12,15-44,70H2,1-6H3,(H2,71,87)(H,74,89)(H,75,90)(H,76,91)(H,77,101)(H,79,95)(H,80,92)(H,81,88)(H,82,99)(H,83,100)(H,84,96)(H,85,97)(H,86,98)(H,93,94)(H4,72,73,78)/t46-,47-,48-,49-,50-,51-,66?/m0/s1. The number of hydrogen-bond acceptors (Lipinski definition) is 27. The summed E-state index contributed by atoms with van der Waals surface area (Å²) in [6.45, 7) is 11.8. The zero-order valence-corrected chi connectivity index (χ0v) is 67.1. The van der Waals surface area contributed by atoms with Crippen molar-refractivity contribution in [2.24, 2.45) is 17.2 Å². The van der Waals surface area contributed by atoms with Crippen LogP contribution in [0.3, 0.4) is 0 Å². The van der Waals surface area contributed by atoms with Crippen LogP contribution in [0.25, 0.3) is 0 Å². The molecule has 634 valence electrons. The zero-order valence-electron chi connectivity index (χ0n) is 64.6. The molecule has 2 rings (SSSR count). The fourth-order valence-corrected chi connectivity index (χ4v) is 12.0. The molecule has 0 aromatic heterocycles. The Balaban J connectivity index is 2.18. The summed E-state index contributed by atoms with van der Waals surface area (Å²) in [6.07, 6.45) is -0.355. The Labute approximate surface area is 665 Å². The third-order valence-electron chi connectivity index (χ3n) is 14.8. The van der Waals surface area contributed by atoms with E-state index in [0.29, 0.717) is 36.8 Å². The number of nitrogens with two attached hydrogens (primary N) is 3. The van der Waals surface area contributed by atoms with Crippen molar-refractivity contribution in [2.75, 3.05) is 169 Å². The van der Waals surface area contributed by atoms with Crippen LogP contribution in [0.4, 0.5) is 0 Å². The van der Waals surface area contributed by atoms with Gasteiger partial charge in [0.25, 0.3) is 5.91 Å². The van der Waals surface area contributed by atoms with Gasteiger partial charge in [-0.3, -0.25) is 72.5 Å². The Bertz CT molecular complexity index is 3090. The molecule has 1 fully saturated rings. The number of thioether (sulfide) groups is 3. The highest BCUT2D eigenvalue weighted by Crippen LogP contribution is 2.25. The average molecular weight is 1650 g/mol. The minimum absolute atomic E-state index is 0.0288. The molecule has 1 aliphatic heterocycles. The van der Waals surface area contributed by atoms with Crippen molar-refractivity contribution in [1.82, 2.24) is 69.1 Å². The number of guanidine groups is 1. The van der Waals surface area contributed by atoms with Crippen molar-refractivity contribution in [2.45, 2.75) is 138 Å². The van der Waals surface area contributed by atoms with Crippen molar-refractivity contribution in [3.05, 3.63) is 35.9 Å². The Morgan fingerprint density at radius 3 is 1.36 bits per heavy atom. The Morgan fingerprint density at radius 1 is 0.482 bits per heavy atom. The number of carbonyl (C=O) groups is 14. The first kappa shape index (κ1) is 99.8. The molecular formula is C69H117N17O23S3. The van der Waals surface area contributed by atoms with Gasteiger partial charge >= 0.3 is 5.97 Å². The number of primary amides is 1. The van der Waals surface area contributed by atoms with E-state index in [1.165, 1.54) is 23.5 Å². The van der Waals surface area contributed by atoms with Gasteiger partial charge in [-0.15, -0.1) is 11.8 Å². The number of rotatable bonds is 49. The molecule has 0 saturated carbocycles. The van der Waals surface area contributed by atoms with Crippen LogP contribution in [-0.4, -0.2) is 314 Å². The number of carbonyl (C=O) groups excluding carboxylic acids is 13. The Kier molecular flexibility index (Phi) is 52.2. The largest absolute Gasteiger partial charge is 0.481 e. The summed E-state index contributed by atoms with van der Waals surface area (Å²) in [4.78, 5) is 187. The number of amides is 13. The van der Waals surface area contributed by atoms with Crippen molar-refractivity contribution >= 4 is 124 Å². The lowest BCUT2D eigenvalue weighted by molar-refractivity contribution is -0.141. The van der Waals surface area contributed by atoms with Crippen LogP contribution in [0.5, 0.6) is 0 Å². The molecule has 1 unspecified atom stereocenters. The van der Waals surface area contributed by atoms with Crippen LogP contribution in [0.2, 0.25) is 0 Å². The second kappa shape index (κ2) is 58.6. The van der Waals surface area contributed by atoms with Gasteiger partial charge in [-0.1, -0.05) is 71.9 Å². The highest BCUT2D eigenvalue weighted by Gasteiger charge is 2.36. The fraction of sp³-hybridized carbons (Fsp3) is 0.696. The zero-order chi connectivity index (χ0) is 83.1. The molecule has 1 heterocycles. The van der Waals surface area contributed by atoms with E-state index < -0.39 is 153 Å². The summed E-state index contributed by atoms with van der Waals surface area (Å²) in [6, 6.07) is -0.435. The molecule has 0 spiro atoms. The van der Waals surface area contributed by atoms with Gasteiger partial charge in [0.2, 0.25) is 70.9 Å². The van der Waals surface area contributed by atoms with Crippen LogP contribution in [0, 0.1) is 5.41 Å². The quantitative estimate of drug-likeness (QED) is 0.0164. The maximum absolute atomic E-state index is 14.8. The summed E-state index contributed by atoms with van der Waals surface area (Å²) in [7, 11) is 0. The topological polar surface area (TPSA) is 591 Å². The molecule has 0 aliphatic carbocycles. The first-order valence-corrected chi connectivity index (χ1v) is 39.6. The van der Waals surface area contributed by atoms with Crippen molar-refractivity contribution in [1.29, 1.82) is 5.41 Å². The number of ether oxygens (including phenoxy) is 8. The van der Waals surface area contributed by atoms with Crippen LogP contribution in [0.1, 0.15) is 85.6 Å². The molecule has 40 nitrogen and oxygen atoms in total. The van der Waals surface area contributed by atoms with Crippen molar-refractivity contribution < 1.29 is 110 Å². The highest BCUT2D eigenvalue weighted by atomic mass is 32.2. The van der Waals surface area contributed by atoms with Crippen molar-refractivity contribution in [3.63, 3.8) is 0 Å². The Hall–Kier alpha value is -8.24. The lowest BCUT2D eigenvalue weighted by atomic mass is 10.0. The predicted octanol–water partition coefficient (Wildman–Crippen LogP) is -5.54. The van der Waals surface area contributed by atoms with E-state index in [1.54, 1.807) is 30.3 Å². The lowest BCUT2D eigenvalue weighted by Crippen LogP contribution is -2.60. The van der Waals surface area contributed by atoms with E-state index in [2.05, 4.69) is 69.1 Å². The third-order valence-corrected chi connectivity index (χ3v) is 18.6. The molecule has 1 saturated heterocycles. The smallest absolute Gasteiger partial charge is 0.305 e. The predicted molar refractivity (Wildman–Crippen MR) is 416 cm³/mol. The minimum atomic E-state index is -1.84. The maximum Gasteiger partial charge on any atom is 0.305 e. The number of carboxylic acids is 1. The maximum atomic E-state index is 14.8. The number of nitrogens with one attached hydrogen (secondary N) is 14. The van der Waals surface area contributed by atoms with E-state index in [9.17, 15) is 72.2 Å². The Morgan fingerprint density at radius 2 is 0.893 bits per heavy atom. The minimum Gasteiger partial charge on any atom is -0.481 e. The molecule has 43 heteroatoms. The molecule has 1 aromatic carbocycles. The van der Waals surface area contributed by atoms with Gasteiger partial charge in [0.1, 0.15) is 62.7 Å². The summed E-state index contributed by atoms with van der Waals surface area (Å²) in [5.41, 5.74) is 16.8. The van der Waals surface area contributed by atoms with Gasteiger partial charge in [0.05, 0.1) is 98.0 Å². The van der Waals surface area contributed by atoms with Crippen molar-refractivity contribution in [3.8, 4) is 0 Å². The number of aliphatic carboxylic acids is 1. The van der Waals surface area contributed by atoms with E-state index in [-0.39, 0.29) is 182 Å². The molecule has 0 radical (unpaired) electrons. The SMILES string of the molecule is CC(C)(C)SC[C@@H]1NC(=O)[C@H](CCCCN)NC(=O)CSC(C(=O)NCCOCCOCCOCCNC(=O)COCC(=O)NCCOCCOCCOCCNC(=O)COCC(N)=O)NC(=O)[C@H](Cc2ccccc2)NC(=O)[C@H](CSC(C)(C)C)NC(=O)[C@H](CC(=O)O)NC(=O)CNC(=O)[C@H](CCCNC(=N)N)NC1=O. The van der Waals surface area contributed by atoms with Crippen LogP contribution in [0.15, 0.2) is 30.3 Å². The number of hydrogen-bond donors (Lipinski definition) is 18. The lowest BCUT2D eigenvalue weighted by Gasteiger charge is -2.28. The molecule has 21 N–H and O–H groups in total. The van der Waals surface area contributed by atoms with E-state index in [1.807, 2.05) is 41.5 Å². The van der Waals surface area contributed by atoms with Gasteiger partial charge in [0.15, 0.2) is 11.3 Å². The second-order valence-electron chi connectivity index (χ2n) is 26.8. The van der Waals surface area contributed by atoms with Gasteiger partial charge in [-0.2, -0.15) is 23.5 Å². The monoisotopic (exact) mass is 1650 g/mol. The highest BCUT2D eigenvalue weighted by molar-refractivity contribution is 8.01. The molecule has 0 bridgehead atoms. The number of carboxylic acid groups (broad SMARTS) is 1. The molecule has 7 atom stereocenters. The van der Waals surface area contributed by atoms with E-state index >= 15 is 0 Å². The molecule has 112 heavy (non-hydrogen) atoms. The summed E-state index contributed by atoms with van der Waals surface area (Å²) in [5, 5.41) is 49.7. The average Bonchev–Trinajstić information content (AvgIpc) is 0.851. The molecule has 13 amide bonds. The van der Waals surface area contributed by atoms with Gasteiger partial charge in [0, 0.05) is 60.1 Å². The number of unbranched alkanes of at least 4 members (excludes halogenated alkanes) is 1. The van der Waals surface area contributed by atoms with Crippen LogP contribution < -0.4 is 86.3 Å². The summed E-state index contributed by atoms with van der Waals surface area (Å²) in [5.74, 6) is -12.8. The molecule has 1 aliphatic rings. The number of benzene rings is 1. The van der Waals surface area contributed by atoms with Crippen LogP contribution >= 0.6 is 35.3 Å². The van der Waals surface area contributed by atoms with Gasteiger partial charge in [-0.25, -0.2) is 0 Å².